The van der Waals surface area contributed by atoms with E-state index in [9.17, 15) is 5.11 Å². The quantitative estimate of drug-likeness (QED) is 0.721. The number of rotatable bonds is 9. The molecule has 0 aliphatic carbocycles. The Labute approximate surface area is 116 Å². The van der Waals surface area contributed by atoms with Gasteiger partial charge in [0.1, 0.15) is 0 Å². The number of hydrogen-bond donors (Lipinski definition) is 2. The van der Waals surface area contributed by atoms with Gasteiger partial charge >= 0.3 is 0 Å². The molecule has 0 fully saturated rings. The molecule has 0 bridgehead atoms. The highest BCUT2D eigenvalue weighted by atomic mass is 16.3. The van der Waals surface area contributed by atoms with Crippen molar-refractivity contribution in [1.82, 2.24) is 4.90 Å². The lowest BCUT2D eigenvalue weighted by Crippen LogP contribution is -2.34. The minimum Gasteiger partial charge on any atom is -0.395 e. The molecule has 0 spiro atoms. The summed E-state index contributed by atoms with van der Waals surface area (Å²) in [7, 11) is 0. The molecule has 0 amide bonds. The van der Waals surface area contributed by atoms with Gasteiger partial charge in [-0.3, -0.25) is 0 Å². The molecule has 0 aliphatic heterocycles. The molecule has 2 atom stereocenters. The zero-order valence-electron chi connectivity index (χ0n) is 12.1. The average molecular weight is 265 g/mol. The largest absolute Gasteiger partial charge is 0.395 e. The van der Waals surface area contributed by atoms with Crippen molar-refractivity contribution < 1.29 is 10.2 Å². The SMILES string of the molecule is CCCCN(CCO)CC(C)C(O)c1ccccc1. The molecule has 1 aromatic carbocycles. The average Bonchev–Trinajstić information content (AvgIpc) is 2.45. The Balaban J connectivity index is 2.53. The predicted molar refractivity (Wildman–Crippen MR) is 79.0 cm³/mol. The first-order chi connectivity index (χ1) is 9.19. The van der Waals surface area contributed by atoms with Gasteiger partial charge in [0.25, 0.3) is 0 Å². The molecule has 2 unspecified atom stereocenters. The first kappa shape index (κ1) is 16.2. The lowest BCUT2D eigenvalue weighted by Gasteiger charge is -2.27. The fourth-order valence-electron chi connectivity index (χ4n) is 2.30. The van der Waals surface area contributed by atoms with E-state index in [0.29, 0.717) is 6.54 Å². The van der Waals surface area contributed by atoms with E-state index >= 15 is 0 Å². The maximum atomic E-state index is 10.3. The van der Waals surface area contributed by atoms with E-state index < -0.39 is 6.10 Å². The Kier molecular flexibility index (Phi) is 7.72. The Hall–Kier alpha value is -0.900. The van der Waals surface area contributed by atoms with Crippen molar-refractivity contribution in [3.05, 3.63) is 35.9 Å². The summed E-state index contributed by atoms with van der Waals surface area (Å²) in [5, 5.41) is 19.4. The van der Waals surface area contributed by atoms with E-state index in [4.69, 9.17) is 5.11 Å². The third-order valence-electron chi connectivity index (χ3n) is 3.47. The van der Waals surface area contributed by atoms with Crippen LogP contribution in [0.1, 0.15) is 38.4 Å². The van der Waals surface area contributed by atoms with Crippen LogP contribution in [0.3, 0.4) is 0 Å². The predicted octanol–water partition coefficient (Wildman–Crippen LogP) is 2.45. The van der Waals surface area contributed by atoms with E-state index in [1.165, 1.54) is 0 Å². The number of aliphatic hydroxyl groups excluding tert-OH is 2. The normalized spacial score (nSPS) is 14.6. The molecule has 19 heavy (non-hydrogen) atoms. The number of nitrogens with zero attached hydrogens (tertiary/aromatic N) is 1. The Morgan fingerprint density at radius 2 is 1.84 bits per heavy atom. The third-order valence-corrected chi connectivity index (χ3v) is 3.47. The van der Waals surface area contributed by atoms with Crippen molar-refractivity contribution in [3.63, 3.8) is 0 Å². The molecule has 0 radical (unpaired) electrons. The van der Waals surface area contributed by atoms with Gasteiger partial charge in [-0.05, 0) is 24.4 Å². The zero-order chi connectivity index (χ0) is 14.1. The smallest absolute Gasteiger partial charge is 0.0827 e. The zero-order valence-corrected chi connectivity index (χ0v) is 12.1. The summed E-state index contributed by atoms with van der Waals surface area (Å²) in [6.07, 6.45) is 1.84. The van der Waals surface area contributed by atoms with Crippen molar-refractivity contribution in [2.75, 3.05) is 26.2 Å². The van der Waals surface area contributed by atoms with Gasteiger partial charge < -0.3 is 15.1 Å². The highest BCUT2D eigenvalue weighted by Crippen LogP contribution is 2.22. The molecule has 108 valence electrons. The van der Waals surface area contributed by atoms with E-state index in [1.807, 2.05) is 30.3 Å². The second-order valence-corrected chi connectivity index (χ2v) is 5.21. The van der Waals surface area contributed by atoms with Crippen LogP contribution in [0.2, 0.25) is 0 Å². The van der Waals surface area contributed by atoms with Crippen LogP contribution in [0.25, 0.3) is 0 Å². The van der Waals surface area contributed by atoms with Crippen LogP contribution >= 0.6 is 0 Å². The summed E-state index contributed by atoms with van der Waals surface area (Å²) in [6, 6.07) is 9.79. The van der Waals surface area contributed by atoms with Gasteiger partial charge in [-0.1, -0.05) is 50.6 Å². The molecule has 2 N–H and O–H groups in total. The van der Waals surface area contributed by atoms with Crippen molar-refractivity contribution in [1.29, 1.82) is 0 Å². The number of benzene rings is 1. The molecule has 0 aromatic heterocycles. The van der Waals surface area contributed by atoms with E-state index in [2.05, 4.69) is 18.7 Å². The molecule has 0 heterocycles. The van der Waals surface area contributed by atoms with Crippen LogP contribution in [0.5, 0.6) is 0 Å². The molecule has 3 heteroatoms. The van der Waals surface area contributed by atoms with Crippen molar-refractivity contribution >= 4 is 0 Å². The summed E-state index contributed by atoms with van der Waals surface area (Å²) in [4.78, 5) is 2.24. The molecule has 3 nitrogen and oxygen atoms in total. The second-order valence-electron chi connectivity index (χ2n) is 5.21. The summed E-state index contributed by atoms with van der Waals surface area (Å²) < 4.78 is 0. The second kappa shape index (κ2) is 9.08. The first-order valence-corrected chi connectivity index (χ1v) is 7.25. The van der Waals surface area contributed by atoms with Gasteiger partial charge in [-0.2, -0.15) is 0 Å². The van der Waals surface area contributed by atoms with Gasteiger partial charge in [0.05, 0.1) is 12.7 Å². The van der Waals surface area contributed by atoms with E-state index in [0.717, 1.165) is 31.5 Å². The van der Waals surface area contributed by atoms with Crippen LogP contribution < -0.4 is 0 Å². The van der Waals surface area contributed by atoms with E-state index in [-0.39, 0.29) is 12.5 Å². The fraction of sp³-hybridized carbons (Fsp3) is 0.625. The first-order valence-electron chi connectivity index (χ1n) is 7.25. The molecule has 0 saturated heterocycles. The highest BCUT2D eigenvalue weighted by molar-refractivity contribution is 5.17. The van der Waals surface area contributed by atoms with Crippen LogP contribution in [0.15, 0.2) is 30.3 Å². The molecular formula is C16H27NO2. The summed E-state index contributed by atoms with van der Waals surface area (Å²) in [5.41, 5.74) is 0.967. The lowest BCUT2D eigenvalue weighted by atomic mass is 9.97. The maximum absolute atomic E-state index is 10.3. The molecule has 0 saturated carbocycles. The highest BCUT2D eigenvalue weighted by Gasteiger charge is 2.18. The molecule has 0 aliphatic rings. The lowest BCUT2D eigenvalue weighted by molar-refractivity contribution is 0.0810. The van der Waals surface area contributed by atoms with Crippen molar-refractivity contribution in [3.8, 4) is 0 Å². The molecule has 1 aromatic rings. The topological polar surface area (TPSA) is 43.7 Å². The monoisotopic (exact) mass is 265 g/mol. The summed E-state index contributed by atoms with van der Waals surface area (Å²) >= 11 is 0. The van der Waals surface area contributed by atoms with Gasteiger partial charge in [-0.25, -0.2) is 0 Å². The standard InChI is InChI=1S/C16H27NO2/c1-3-4-10-17(11-12-18)13-14(2)16(19)15-8-6-5-7-9-15/h5-9,14,16,18-19H,3-4,10-13H2,1-2H3. The van der Waals surface area contributed by atoms with Gasteiger partial charge in [0.15, 0.2) is 0 Å². The Bertz CT molecular complexity index is 329. The third kappa shape index (κ3) is 5.72. The minimum atomic E-state index is -0.441. The van der Waals surface area contributed by atoms with Crippen LogP contribution in [0, 0.1) is 5.92 Å². The van der Waals surface area contributed by atoms with Gasteiger partial charge in [-0.15, -0.1) is 0 Å². The van der Waals surface area contributed by atoms with Crippen molar-refractivity contribution in [2.24, 2.45) is 5.92 Å². The molecule has 1 rings (SSSR count). The van der Waals surface area contributed by atoms with Gasteiger partial charge in [0.2, 0.25) is 0 Å². The number of hydrogen-bond acceptors (Lipinski definition) is 3. The summed E-state index contributed by atoms with van der Waals surface area (Å²) in [5.74, 6) is 0.158. The van der Waals surface area contributed by atoms with Crippen LogP contribution in [-0.4, -0.2) is 41.4 Å². The van der Waals surface area contributed by atoms with E-state index in [1.54, 1.807) is 0 Å². The minimum absolute atomic E-state index is 0.158. The van der Waals surface area contributed by atoms with Crippen LogP contribution in [0.4, 0.5) is 0 Å². The maximum Gasteiger partial charge on any atom is 0.0827 e. The fourth-order valence-corrected chi connectivity index (χ4v) is 2.30. The number of unbranched alkanes of at least 4 members (excludes halogenated alkanes) is 1. The summed E-state index contributed by atoms with van der Waals surface area (Å²) in [6.45, 7) is 6.90. The van der Waals surface area contributed by atoms with Gasteiger partial charge in [0, 0.05) is 13.1 Å². The van der Waals surface area contributed by atoms with Crippen molar-refractivity contribution in [2.45, 2.75) is 32.8 Å². The Morgan fingerprint density at radius 3 is 2.42 bits per heavy atom. The number of aliphatic hydroxyl groups is 2. The van der Waals surface area contributed by atoms with Crippen LogP contribution in [-0.2, 0) is 0 Å². The Morgan fingerprint density at radius 1 is 1.16 bits per heavy atom. The molecular weight excluding hydrogens is 238 g/mol.